The highest BCUT2D eigenvalue weighted by atomic mass is 16.3. The summed E-state index contributed by atoms with van der Waals surface area (Å²) in [6, 6.07) is 6.29. The highest BCUT2D eigenvalue weighted by molar-refractivity contribution is 5.99. The number of fused-ring (bicyclic) bond motifs is 1. The SMILES string of the molecule is Cc1cc(C2CC2)n2ncc(C(=O)NC3CCC(c4ccco4)CC3)c2n1. The summed E-state index contributed by atoms with van der Waals surface area (Å²) in [5.74, 6) is 2.03. The number of nitrogens with zero attached hydrogens (tertiary/aromatic N) is 3. The second-order valence-electron chi connectivity index (χ2n) is 7.93. The third-order valence-corrected chi connectivity index (χ3v) is 5.88. The Labute approximate surface area is 158 Å². The molecule has 2 aliphatic rings. The smallest absolute Gasteiger partial charge is 0.256 e. The predicted molar refractivity (Wildman–Crippen MR) is 101 cm³/mol. The van der Waals surface area contributed by atoms with Crippen molar-refractivity contribution in [2.24, 2.45) is 0 Å². The van der Waals surface area contributed by atoms with E-state index in [1.54, 1.807) is 12.5 Å². The molecule has 2 aliphatic carbocycles. The van der Waals surface area contributed by atoms with Gasteiger partial charge in [0.1, 0.15) is 11.3 Å². The Hall–Kier alpha value is -2.63. The average Bonchev–Trinajstić information content (AvgIpc) is 3.19. The van der Waals surface area contributed by atoms with Crippen LogP contribution in [0.4, 0.5) is 0 Å². The first-order valence-corrected chi connectivity index (χ1v) is 9.88. The number of hydrogen-bond donors (Lipinski definition) is 1. The van der Waals surface area contributed by atoms with E-state index < -0.39 is 0 Å². The molecule has 2 saturated carbocycles. The van der Waals surface area contributed by atoms with Crippen molar-refractivity contribution in [1.82, 2.24) is 19.9 Å². The van der Waals surface area contributed by atoms with Crippen LogP contribution in [0, 0.1) is 6.92 Å². The molecule has 6 nitrogen and oxygen atoms in total. The van der Waals surface area contributed by atoms with Gasteiger partial charge in [0.2, 0.25) is 0 Å². The first kappa shape index (κ1) is 16.5. The second-order valence-corrected chi connectivity index (χ2v) is 7.93. The molecule has 5 rings (SSSR count). The van der Waals surface area contributed by atoms with Gasteiger partial charge in [-0.05, 0) is 63.6 Å². The number of amides is 1. The molecule has 0 bridgehead atoms. The summed E-state index contributed by atoms with van der Waals surface area (Å²) in [6.07, 6.45) is 9.80. The number of carbonyl (C=O) groups is 1. The number of rotatable bonds is 4. The van der Waals surface area contributed by atoms with E-state index in [9.17, 15) is 4.79 Å². The lowest BCUT2D eigenvalue weighted by atomic mass is 9.84. The second kappa shape index (κ2) is 6.51. The molecule has 1 N–H and O–H groups in total. The lowest BCUT2D eigenvalue weighted by Crippen LogP contribution is -2.37. The van der Waals surface area contributed by atoms with Crippen molar-refractivity contribution in [2.45, 2.75) is 63.3 Å². The molecule has 0 unspecified atom stereocenters. The maximum Gasteiger partial charge on any atom is 0.256 e. The van der Waals surface area contributed by atoms with Crippen LogP contribution in [0.3, 0.4) is 0 Å². The topological polar surface area (TPSA) is 72.4 Å². The van der Waals surface area contributed by atoms with Crippen molar-refractivity contribution in [3.63, 3.8) is 0 Å². The van der Waals surface area contributed by atoms with Crippen LogP contribution in [0.25, 0.3) is 5.65 Å². The van der Waals surface area contributed by atoms with Gasteiger partial charge >= 0.3 is 0 Å². The van der Waals surface area contributed by atoms with E-state index in [0.717, 1.165) is 37.1 Å². The summed E-state index contributed by atoms with van der Waals surface area (Å²) in [5, 5.41) is 7.66. The van der Waals surface area contributed by atoms with Crippen molar-refractivity contribution < 1.29 is 9.21 Å². The van der Waals surface area contributed by atoms with Crippen LogP contribution < -0.4 is 5.32 Å². The van der Waals surface area contributed by atoms with Crippen LogP contribution in [0.15, 0.2) is 35.1 Å². The van der Waals surface area contributed by atoms with Gasteiger partial charge in [0.25, 0.3) is 5.91 Å². The lowest BCUT2D eigenvalue weighted by molar-refractivity contribution is 0.0926. The van der Waals surface area contributed by atoms with Crippen LogP contribution >= 0.6 is 0 Å². The highest BCUT2D eigenvalue weighted by Gasteiger charge is 2.29. The van der Waals surface area contributed by atoms with Gasteiger partial charge in [0.05, 0.1) is 12.5 Å². The third-order valence-electron chi connectivity index (χ3n) is 5.88. The average molecular weight is 364 g/mol. The summed E-state index contributed by atoms with van der Waals surface area (Å²) < 4.78 is 7.39. The molecule has 140 valence electrons. The van der Waals surface area contributed by atoms with Gasteiger partial charge in [-0.15, -0.1) is 0 Å². The number of nitrogens with one attached hydrogen (secondary N) is 1. The molecular formula is C21H24N4O2. The van der Waals surface area contributed by atoms with Gasteiger partial charge in [-0.2, -0.15) is 5.10 Å². The van der Waals surface area contributed by atoms with Crippen molar-refractivity contribution in [1.29, 1.82) is 0 Å². The van der Waals surface area contributed by atoms with E-state index in [2.05, 4.69) is 21.5 Å². The number of furan rings is 1. The van der Waals surface area contributed by atoms with Gasteiger partial charge in [0, 0.05) is 29.3 Å². The minimum absolute atomic E-state index is 0.0636. The van der Waals surface area contributed by atoms with Crippen LogP contribution in [0.5, 0.6) is 0 Å². The zero-order valence-electron chi connectivity index (χ0n) is 15.5. The number of hydrogen-bond acceptors (Lipinski definition) is 4. The van der Waals surface area contributed by atoms with E-state index in [0.29, 0.717) is 23.0 Å². The monoisotopic (exact) mass is 364 g/mol. The van der Waals surface area contributed by atoms with Crippen molar-refractivity contribution >= 4 is 11.6 Å². The Balaban J connectivity index is 1.30. The predicted octanol–water partition coefficient (Wildman–Crippen LogP) is 3.96. The molecule has 0 radical (unpaired) electrons. The molecule has 0 atom stereocenters. The first-order chi connectivity index (χ1) is 13.2. The molecule has 27 heavy (non-hydrogen) atoms. The van der Waals surface area contributed by atoms with Crippen molar-refractivity contribution in [3.8, 4) is 0 Å². The van der Waals surface area contributed by atoms with Crippen LogP contribution in [0.1, 0.15) is 77.9 Å². The molecule has 3 heterocycles. The quantitative estimate of drug-likeness (QED) is 0.760. The zero-order valence-corrected chi connectivity index (χ0v) is 15.5. The van der Waals surface area contributed by atoms with Gasteiger partial charge in [-0.3, -0.25) is 4.79 Å². The minimum atomic E-state index is -0.0636. The van der Waals surface area contributed by atoms with Crippen LogP contribution in [0.2, 0.25) is 0 Å². The van der Waals surface area contributed by atoms with Gasteiger partial charge < -0.3 is 9.73 Å². The van der Waals surface area contributed by atoms with E-state index in [-0.39, 0.29) is 11.9 Å². The Kier molecular flexibility index (Phi) is 3.99. The lowest BCUT2D eigenvalue weighted by Gasteiger charge is -2.27. The Morgan fingerprint density at radius 3 is 2.67 bits per heavy atom. The van der Waals surface area contributed by atoms with E-state index in [1.165, 1.54) is 18.5 Å². The number of carbonyl (C=O) groups excluding carboxylic acids is 1. The van der Waals surface area contributed by atoms with Crippen molar-refractivity contribution in [3.05, 3.63) is 53.4 Å². The molecule has 0 aromatic carbocycles. The molecular weight excluding hydrogens is 340 g/mol. The maximum absolute atomic E-state index is 12.9. The number of aromatic nitrogens is 3. The summed E-state index contributed by atoms with van der Waals surface area (Å²) >= 11 is 0. The standard InChI is InChI=1S/C21H24N4O2/c1-13-11-18(14-4-5-14)25-20(23-13)17(12-22-25)21(26)24-16-8-6-15(7-9-16)19-3-2-10-27-19/h2-3,10-12,14-16H,4-9H2,1H3,(H,24,26). The molecule has 0 saturated heterocycles. The fraction of sp³-hybridized carbons (Fsp3) is 0.476. The van der Waals surface area contributed by atoms with Gasteiger partial charge in [0.15, 0.2) is 5.65 Å². The fourth-order valence-electron chi connectivity index (χ4n) is 4.25. The summed E-state index contributed by atoms with van der Waals surface area (Å²) in [7, 11) is 0. The molecule has 2 fully saturated rings. The number of aryl methyl sites for hydroxylation is 1. The first-order valence-electron chi connectivity index (χ1n) is 9.88. The van der Waals surface area contributed by atoms with E-state index >= 15 is 0 Å². The van der Waals surface area contributed by atoms with Gasteiger partial charge in [-0.1, -0.05) is 0 Å². The van der Waals surface area contributed by atoms with Crippen LogP contribution in [-0.2, 0) is 0 Å². The summed E-state index contributed by atoms with van der Waals surface area (Å²) in [6.45, 7) is 1.98. The van der Waals surface area contributed by atoms with Crippen LogP contribution in [-0.4, -0.2) is 26.5 Å². The van der Waals surface area contributed by atoms with E-state index in [4.69, 9.17) is 4.42 Å². The zero-order chi connectivity index (χ0) is 18.4. The highest BCUT2D eigenvalue weighted by Crippen LogP contribution is 2.40. The van der Waals surface area contributed by atoms with E-state index in [1.807, 2.05) is 23.6 Å². The summed E-state index contributed by atoms with van der Waals surface area (Å²) in [5.41, 5.74) is 3.38. The third kappa shape index (κ3) is 3.13. The molecule has 0 aliphatic heterocycles. The molecule has 0 spiro atoms. The molecule has 6 heteroatoms. The Morgan fingerprint density at radius 1 is 1.19 bits per heavy atom. The molecule has 3 aromatic rings. The molecule has 1 amide bonds. The van der Waals surface area contributed by atoms with Crippen molar-refractivity contribution in [2.75, 3.05) is 0 Å². The Bertz CT molecular complexity index is 964. The molecule has 3 aromatic heterocycles. The normalized spacial score (nSPS) is 22.9. The fourth-order valence-corrected chi connectivity index (χ4v) is 4.25. The summed E-state index contributed by atoms with van der Waals surface area (Å²) in [4.78, 5) is 17.5. The maximum atomic E-state index is 12.9. The minimum Gasteiger partial charge on any atom is -0.469 e. The van der Waals surface area contributed by atoms with Gasteiger partial charge in [-0.25, -0.2) is 9.50 Å². The Morgan fingerprint density at radius 2 is 1.96 bits per heavy atom. The largest absolute Gasteiger partial charge is 0.469 e.